The summed E-state index contributed by atoms with van der Waals surface area (Å²) in [6, 6.07) is 16.3. The van der Waals surface area contributed by atoms with Crippen LogP contribution < -0.4 is 0 Å². The summed E-state index contributed by atoms with van der Waals surface area (Å²) in [5, 5.41) is 5.33. The molecule has 0 unspecified atom stereocenters. The van der Waals surface area contributed by atoms with Crippen molar-refractivity contribution in [3.63, 3.8) is 0 Å². The fraction of sp³-hybridized carbons (Fsp3) is 0.364. The molecule has 0 saturated carbocycles. The van der Waals surface area contributed by atoms with E-state index in [1.807, 2.05) is 53.6 Å². The number of hydrogen-bond donors (Lipinski definition) is 0. The highest BCUT2D eigenvalue weighted by Crippen LogP contribution is 2.25. The van der Waals surface area contributed by atoms with Crippen molar-refractivity contribution in [3.8, 4) is 0 Å². The molecule has 1 saturated heterocycles. The quantitative estimate of drug-likeness (QED) is 0.603. The summed E-state index contributed by atoms with van der Waals surface area (Å²) in [6.07, 6.45) is 3.96. The van der Waals surface area contributed by atoms with Crippen LogP contribution in [0.1, 0.15) is 28.9 Å². The minimum absolute atomic E-state index is 0.147. The fourth-order valence-electron chi connectivity index (χ4n) is 3.92. The fourth-order valence-corrected chi connectivity index (χ4v) is 4.51. The van der Waals surface area contributed by atoms with Gasteiger partial charge in [-0.05, 0) is 50.4 Å². The first-order chi connectivity index (χ1) is 13.7. The lowest BCUT2D eigenvalue weighted by Gasteiger charge is -2.36. The molecule has 6 heteroatoms. The van der Waals surface area contributed by atoms with E-state index in [0.717, 1.165) is 59.6 Å². The van der Waals surface area contributed by atoms with Gasteiger partial charge in [-0.15, -0.1) is 11.8 Å². The summed E-state index contributed by atoms with van der Waals surface area (Å²) in [7, 11) is 2.13. The molecule has 0 aliphatic carbocycles. The van der Waals surface area contributed by atoms with Gasteiger partial charge < -0.3 is 9.42 Å². The van der Waals surface area contributed by atoms with Gasteiger partial charge in [0.25, 0.3) is 5.91 Å². The Balaban J connectivity index is 1.38. The SMILES string of the molecule is CSc1ccccc1C(=O)N1CCC(N(C)Cc2noc3ccccc23)CC1. The normalized spacial score (nSPS) is 15.5. The van der Waals surface area contributed by atoms with Gasteiger partial charge in [0.1, 0.15) is 5.69 Å². The number of piperidine rings is 1. The van der Waals surface area contributed by atoms with E-state index in [9.17, 15) is 4.79 Å². The minimum Gasteiger partial charge on any atom is -0.356 e. The van der Waals surface area contributed by atoms with Gasteiger partial charge in [-0.2, -0.15) is 0 Å². The number of benzene rings is 2. The Labute approximate surface area is 169 Å². The van der Waals surface area contributed by atoms with E-state index in [-0.39, 0.29) is 5.91 Å². The number of carbonyl (C=O) groups is 1. The third-order valence-corrected chi connectivity index (χ3v) is 6.36. The Morgan fingerprint density at radius 2 is 1.89 bits per heavy atom. The summed E-state index contributed by atoms with van der Waals surface area (Å²) >= 11 is 1.62. The highest BCUT2D eigenvalue weighted by Gasteiger charge is 2.27. The number of carbonyl (C=O) groups excluding carboxylic acids is 1. The number of amides is 1. The van der Waals surface area contributed by atoms with Crippen molar-refractivity contribution in [2.24, 2.45) is 0 Å². The monoisotopic (exact) mass is 395 g/mol. The van der Waals surface area contributed by atoms with E-state index in [0.29, 0.717) is 6.04 Å². The summed E-state index contributed by atoms with van der Waals surface area (Å²) in [5.74, 6) is 0.147. The first kappa shape index (κ1) is 19.0. The van der Waals surface area contributed by atoms with Crippen LogP contribution in [0.4, 0.5) is 0 Å². The zero-order chi connectivity index (χ0) is 19.5. The molecular formula is C22H25N3O2S. The number of nitrogens with zero attached hydrogens (tertiary/aromatic N) is 3. The first-order valence-corrected chi connectivity index (χ1v) is 10.9. The topological polar surface area (TPSA) is 49.6 Å². The van der Waals surface area contributed by atoms with Crippen LogP contribution in [0.3, 0.4) is 0 Å². The lowest BCUT2D eigenvalue weighted by Crippen LogP contribution is -2.45. The summed E-state index contributed by atoms with van der Waals surface area (Å²) in [5.41, 5.74) is 2.63. The average molecular weight is 396 g/mol. The van der Waals surface area contributed by atoms with Crippen molar-refractivity contribution in [2.75, 3.05) is 26.4 Å². The molecule has 146 valence electrons. The van der Waals surface area contributed by atoms with Crippen LogP contribution in [-0.4, -0.2) is 53.3 Å². The van der Waals surface area contributed by atoms with Gasteiger partial charge in [-0.1, -0.05) is 29.4 Å². The molecule has 0 bridgehead atoms. The third kappa shape index (κ3) is 3.80. The molecule has 0 N–H and O–H groups in total. The molecule has 1 fully saturated rings. The molecule has 0 spiro atoms. The number of hydrogen-bond acceptors (Lipinski definition) is 5. The van der Waals surface area contributed by atoms with Crippen LogP contribution in [0.15, 0.2) is 57.9 Å². The highest BCUT2D eigenvalue weighted by molar-refractivity contribution is 7.98. The Hall–Kier alpha value is -2.31. The second kappa shape index (κ2) is 8.37. The minimum atomic E-state index is 0.147. The number of fused-ring (bicyclic) bond motifs is 1. The van der Waals surface area contributed by atoms with E-state index >= 15 is 0 Å². The van der Waals surface area contributed by atoms with E-state index in [2.05, 4.69) is 23.2 Å². The van der Waals surface area contributed by atoms with Crippen molar-refractivity contribution >= 4 is 28.6 Å². The average Bonchev–Trinajstić information content (AvgIpc) is 3.16. The van der Waals surface area contributed by atoms with Gasteiger partial charge in [-0.25, -0.2) is 0 Å². The zero-order valence-electron chi connectivity index (χ0n) is 16.3. The molecule has 2 aromatic carbocycles. The Bertz CT molecular complexity index is 963. The van der Waals surface area contributed by atoms with Crippen LogP contribution in [0.25, 0.3) is 11.0 Å². The molecule has 5 nitrogen and oxygen atoms in total. The van der Waals surface area contributed by atoms with Crippen molar-refractivity contribution < 1.29 is 9.32 Å². The van der Waals surface area contributed by atoms with Gasteiger partial charge in [0.15, 0.2) is 5.58 Å². The smallest absolute Gasteiger partial charge is 0.254 e. The third-order valence-electron chi connectivity index (χ3n) is 5.56. The molecule has 28 heavy (non-hydrogen) atoms. The standard InChI is InChI=1S/C22H25N3O2S/c1-24(15-19-17-7-3-5-9-20(17)27-23-19)16-11-13-25(14-12-16)22(26)18-8-4-6-10-21(18)28-2/h3-10,16H,11-15H2,1-2H3. The molecule has 1 amide bonds. The molecule has 1 aliphatic rings. The summed E-state index contributed by atoms with van der Waals surface area (Å²) < 4.78 is 5.43. The largest absolute Gasteiger partial charge is 0.356 e. The predicted octanol–water partition coefficient (Wildman–Crippen LogP) is 4.29. The van der Waals surface area contributed by atoms with Crippen LogP contribution in [0.5, 0.6) is 0 Å². The molecular weight excluding hydrogens is 370 g/mol. The van der Waals surface area contributed by atoms with E-state index in [4.69, 9.17) is 4.52 Å². The molecule has 1 aromatic heterocycles. The maximum atomic E-state index is 12.9. The van der Waals surface area contributed by atoms with Crippen molar-refractivity contribution in [2.45, 2.75) is 30.3 Å². The van der Waals surface area contributed by atoms with Crippen molar-refractivity contribution in [1.82, 2.24) is 15.0 Å². The van der Waals surface area contributed by atoms with Crippen LogP contribution in [-0.2, 0) is 6.54 Å². The maximum absolute atomic E-state index is 12.9. The molecule has 3 aromatic rings. The number of para-hydroxylation sites is 1. The number of rotatable bonds is 5. The van der Waals surface area contributed by atoms with E-state index < -0.39 is 0 Å². The highest BCUT2D eigenvalue weighted by atomic mass is 32.2. The van der Waals surface area contributed by atoms with Gasteiger partial charge in [0, 0.05) is 36.0 Å². The Kier molecular flexibility index (Phi) is 5.69. The number of likely N-dealkylation sites (tertiary alicyclic amines) is 1. The van der Waals surface area contributed by atoms with Crippen LogP contribution in [0.2, 0.25) is 0 Å². The molecule has 1 aliphatic heterocycles. The molecule has 2 heterocycles. The summed E-state index contributed by atoms with van der Waals surface area (Å²) in [4.78, 5) is 18.3. The van der Waals surface area contributed by atoms with Crippen LogP contribution >= 0.6 is 11.8 Å². The first-order valence-electron chi connectivity index (χ1n) is 9.63. The maximum Gasteiger partial charge on any atom is 0.254 e. The van der Waals surface area contributed by atoms with Crippen molar-refractivity contribution in [3.05, 3.63) is 59.8 Å². The molecule has 0 atom stereocenters. The van der Waals surface area contributed by atoms with Gasteiger partial charge >= 0.3 is 0 Å². The van der Waals surface area contributed by atoms with E-state index in [1.165, 1.54) is 0 Å². The van der Waals surface area contributed by atoms with Gasteiger partial charge in [-0.3, -0.25) is 9.69 Å². The Morgan fingerprint density at radius 1 is 1.18 bits per heavy atom. The van der Waals surface area contributed by atoms with Crippen LogP contribution in [0, 0.1) is 0 Å². The Morgan fingerprint density at radius 3 is 2.68 bits per heavy atom. The molecule has 4 rings (SSSR count). The van der Waals surface area contributed by atoms with Gasteiger partial charge in [0.2, 0.25) is 0 Å². The molecule has 0 radical (unpaired) electrons. The predicted molar refractivity (Wildman–Crippen MR) is 113 cm³/mol. The summed E-state index contributed by atoms with van der Waals surface area (Å²) in [6.45, 7) is 2.33. The number of thioether (sulfide) groups is 1. The van der Waals surface area contributed by atoms with E-state index in [1.54, 1.807) is 11.8 Å². The lowest BCUT2D eigenvalue weighted by molar-refractivity contribution is 0.0634. The second-order valence-electron chi connectivity index (χ2n) is 7.26. The second-order valence-corrected chi connectivity index (χ2v) is 8.11. The lowest BCUT2D eigenvalue weighted by atomic mass is 10.0. The number of aromatic nitrogens is 1. The van der Waals surface area contributed by atoms with Gasteiger partial charge in [0.05, 0.1) is 5.56 Å². The van der Waals surface area contributed by atoms with Crippen molar-refractivity contribution in [1.29, 1.82) is 0 Å². The zero-order valence-corrected chi connectivity index (χ0v) is 17.1.